The lowest BCUT2D eigenvalue weighted by Gasteiger charge is -2.12. The van der Waals surface area contributed by atoms with Gasteiger partial charge in [-0.1, -0.05) is 71.2 Å². The van der Waals surface area contributed by atoms with Gasteiger partial charge in [-0.25, -0.2) is 0 Å². The third-order valence-electron chi connectivity index (χ3n) is 4.44. The largest absolute Gasteiger partial charge is 0.481 e. The number of rotatable bonds is 4. The lowest BCUT2D eigenvalue weighted by atomic mass is 10.1. The van der Waals surface area contributed by atoms with Crippen LogP contribution in [0.15, 0.2) is 75.9 Å². The molecule has 5 heteroatoms. The smallest absolute Gasteiger partial charge is 0.235 e. The van der Waals surface area contributed by atoms with Crippen LogP contribution >= 0.6 is 23.2 Å². The topological polar surface area (TPSA) is 39.4 Å². The Kier molecular flexibility index (Phi) is 5.12. The van der Waals surface area contributed by atoms with Gasteiger partial charge in [-0.15, -0.1) is 0 Å². The van der Waals surface area contributed by atoms with Crippen LogP contribution in [0.25, 0.3) is 22.3 Å². The molecular formula is C23H16Cl2O3. The second-order valence-electron chi connectivity index (χ2n) is 6.49. The number of benzene rings is 3. The summed E-state index contributed by atoms with van der Waals surface area (Å²) in [4.78, 5) is 13.1. The Hall–Kier alpha value is -2.75. The first kappa shape index (κ1) is 18.6. The molecule has 0 N–H and O–H groups in total. The monoisotopic (exact) mass is 410 g/mol. The van der Waals surface area contributed by atoms with E-state index in [0.717, 1.165) is 16.7 Å². The highest BCUT2D eigenvalue weighted by Crippen LogP contribution is 2.32. The highest BCUT2D eigenvalue weighted by atomic mass is 35.5. The van der Waals surface area contributed by atoms with Crippen molar-refractivity contribution in [2.75, 3.05) is 0 Å². The maximum Gasteiger partial charge on any atom is 0.235 e. The summed E-state index contributed by atoms with van der Waals surface area (Å²) < 4.78 is 12.0. The minimum atomic E-state index is -0.211. The van der Waals surface area contributed by atoms with E-state index in [1.54, 1.807) is 30.3 Å². The number of ether oxygens (including phenoxy) is 1. The number of halogens is 2. The van der Waals surface area contributed by atoms with E-state index in [-0.39, 0.29) is 17.8 Å². The van der Waals surface area contributed by atoms with Crippen molar-refractivity contribution in [1.82, 2.24) is 0 Å². The quantitative estimate of drug-likeness (QED) is 0.377. The minimum absolute atomic E-state index is 0.166. The lowest BCUT2D eigenvalue weighted by molar-refractivity contribution is 0.298. The molecule has 0 fully saturated rings. The van der Waals surface area contributed by atoms with Gasteiger partial charge >= 0.3 is 0 Å². The average Bonchev–Trinajstić information content (AvgIpc) is 2.70. The molecule has 140 valence electrons. The SMILES string of the molecule is Cc1ccc(-c2oc3ccccc3c(=O)c2OCc2ccc(Cl)c(Cl)c2)cc1. The normalized spacial score (nSPS) is 11.0. The van der Waals surface area contributed by atoms with Gasteiger partial charge in [0.15, 0.2) is 5.76 Å². The molecule has 0 saturated heterocycles. The maximum atomic E-state index is 13.1. The lowest BCUT2D eigenvalue weighted by Crippen LogP contribution is -2.10. The van der Waals surface area contributed by atoms with E-state index >= 15 is 0 Å². The number of para-hydroxylation sites is 1. The van der Waals surface area contributed by atoms with Gasteiger partial charge in [-0.05, 0) is 36.8 Å². The van der Waals surface area contributed by atoms with Gasteiger partial charge in [0, 0.05) is 5.56 Å². The third kappa shape index (κ3) is 3.64. The first-order valence-corrected chi connectivity index (χ1v) is 9.48. The summed E-state index contributed by atoms with van der Waals surface area (Å²) in [7, 11) is 0. The second-order valence-corrected chi connectivity index (χ2v) is 7.30. The fourth-order valence-electron chi connectivity index (χ4n) is 2.94. The van der Waals surface area contributed by atoms with Crippen molar-refractivity contribution in [1.29, 1.82) is 0 Å². The Morgan fingerprint density at radius 2 is 1.68 bits per heavy atom. The fourth-order valence-corrected chi connectivity index (χ4v) is 3.26. The molecule has 4 aromatic rings. The summed E-state index contributed by atoms with van der Waals surface area (Å²) in [6.07, 6.45) is 0. The Labute approximate surface area is 172 Å². The molecule has 0 amide bonds. The highest BCUT2D eigenvalue weighted by Gasteiger charge is 2.18. The number of fused-ring (bicyclic) bond motifs is 1. The molecule has 0 bridgehead atoms. The number of hydrogen-bond donors (Lipinski definition) is 0. The van der Waals surface area contributed by atoms with Crippen LogP contribution in [-0.4, -0.2) is 0 Å². The maximum absolute atomic E-state index is 13.1. The summed E-state index contributed by atoms with van der Waals surface area (Å²) in [5.41, 5.74) is 3.00. The zero-order valence-corrected chi connectivity index (χ0v) is 16.6. The van der Waals surface area contributed by atoms with Gasteiger partial charge in [0.2, 0.25) is 11.2 Å². The average molecular weight is 411 g/mol. The van der Waals surface area contributed by atoms with Crippen molar-refractivity contribution in [2.45, 2.75) is 13.5 Å². The first-order valence-electron chi connectivity index (χ1n) is 8.72. The first-order chi connectivity index (χ1) is 13.5. The van der Waals surface area contributed by atoms with Crippen molar-refractivity contribution in [2.24, 2.45) is 0 Å². The van der Waals surface area contributed by atoms with E-state index in [0.29, 0.717) is 26.8 Å². The van der Waals surface area contributed by atoms with Crippen molar-refractivity contribution < 1.29 is 9.15 Å². The third-order valence-corrected chi connectivity index (χ3v) is 5.18. The molecule has 28 heavy (non-hydrogen) atoms. The summed E-state index contributed by atoms with van der Waals surface area (Å²) in [6.45, 7) is 2.17. The van der Waals surface area contributed by atoms with Crippen LogP contribution in [0.2, 0.25) is 10.0 Å². The molecule has 0 aliphatic rings. The zero-order chi connectivity index (χ0) is 19.7. The summed E-state index contributed by atoms with van der Waals surface area (Å²) in [5.74, 6) is 0.581. The van der Waals surface area contributed by atoms with Crippen LogP contribution in [0.4, 0.5) is 0 Å². The van der Waals surface area contributed by atoms with E-state index in [1.165, 1.54) is 0 Å². The Balaban J connectivity index is 1.81. The van der Waals surface area contributed by atoms with Crippen LogP contribution in [0, 0.1) is 6.92 Å². The molecular weight excluding hydrogens is 395 g/mol. The molecule has 0 saturated carbocycles. The van der Waals surface area contributed by atoms with Gasteiger partial charge in [0.1, 0.15) is 12.2 Å². The molecule has 3 nitrogen and oxygen atoms in total. The summed E-state index contributed by atoms with van der Waals surface area (Å²) >= 11 is 12.0. The van der Waals surface area contributed by atoms with Crippen LogP contribution in [-0.2, 0) is 6.61 Å². The minimum Gasteiger partial charge on any atom is -0.481 e. The van der Waals surface area contributed by atoms with Gasteiger partial charge in [0.05, 0.1) is 15.4 Å². The zero-order valence-electron chi connectivity index (χ0n) is 15.0. The van der Waals surface area contributed by atoms with Crippen LogP contribution in [0.3, 0.4) is 0 Å². The van der Waals surface area contributed by atoms with Gasteiger partial charge < -0.3 is 9.15 Å². The summed E-state index contributed by atoms with van der Waals surface area (Å²) in [6, 6.07) is 20.1. The molecule has 0 aliphatic carbocycles. The predicted molar refractivity (Wildman–Crippen MR) is 113 cm³/mol. The Morgan fingerprint density at radius 1 is 0.929 bits per heavy atom. The molecule has 0 spiro atoms. The van der Waals surface area contributed by atoms with Gasteiger partial charge in [-0.2, -0.15) is 0 Å². The van der Waals surface area contributed by atoms with Crippen molar-refractivity contribution in [3.8, 4) is 17.1 Å². The molecule has 0 atom stereocenters. The standard InChI is InChI=1S/C23H16Cl2O3/c1-14-6-9-16(10-7-14)22-23(21(26)17-4-2-3-5-20(17)28-22)27-13-15-8-11-18(24)19(25)12-15/h2-12H,13H2,1H3. The Bertz CT molecular complexity index is 1210. The predicted octanol–water partition coefficient (Wildman–Crippen LogP) is 6.65. The molecule has 0 radical (unpaired) electrons. The number of hydrogen-bond acceptors (Lipinski definition) is 3. The van der Waals surface area contributed by atoms with Crippen molar-refractivity contribution >= 4 is 34.2 Å². The van der Waals surface area contributed by atoms with E-state index in [9.17, 15) is 4.79 Å². The highest BCUT2D eigenvalue weighted by molar-refractivity contribution is 6.42. The molecule has 0 unspecified atom stereocenters. The molecule has 0 aliphatic heterocycles. The molecule has 1 aromatic heterocycles. The van der Waals surface area contributed by atoms with Gasteiger partial charge in [0.25, 0.3) is 0 Å². The van der Waals surface area contributed by atoms with Crippen LogP contribution < -0.4 is 10.2 Å². The van der Waals surface area contributed by atoms with Crippen molar-refractivity contribution in [3.63, 3.8) is 0 Å². The second kappa shape index (κ2) is 7.70. The van der Waals surface area contributed by atoms with E-state index in [2.05, 4.69) is 0 Å². The molecule has 4 rings (SSSR count). The molecule has 1 heterocycles. The van der Waals surface area contributed by atoms with Crippen LogP contribution in [0.5, 0.6) is 5.75 Å². The fraction of sp³-hybridized carbons (Fsp3) is 0.0870. The van der Waals surface area contributed by atoms with Crippen molar-refractivity contribution in [3.05, 3.63) is 98.1 Å². The van der Waals surface area contributed by atoms with Crippen LogP contribution in [0.1, 0.15) is 11.1 Å². The molecule has 3 aromatic carbocycles. The van der Waals surface area contributed by atoms with E-state index in [4.69, 9.17) is 32.4 Å². The summed E-state index contributed by atoms with van der Waals surface area (Å²) in [5, 5.41) is 1.38. The Morgan fingerprint density at radius 3 is 2.43 bits per heavy atom. The van der Waals surface area contributed by atoms with E-state index in [1.807, 2.05) is 43.3 Å². The number of aryl methyl sites for hydroxylation is 1. The van der Waals surface area contributed by atoms with Gasteiger partial charge in [-0.3, -0.25) is 4.79 Å². The van der Waals surface area contributed by atoms with E-state index < -0.39 is 0 Å².